The fourth-order valence-electron chi connectivity index (χ4n) is 8.95. The molecule has 0 saturated carbocycles. The van der Waals surface area contributed by atoms with Gasteiger partial charge in [-0.25, -0.2) is 29.9 Å². The molecular weight excluding hydrogens is 941 g/mol. The molecular formula is C54H62N14O6. The van der Waals surface area contributed by atoms with Crippen molar-refractivity contribution in [1.82, 2.24) is 39.7 Å². The maximum absolute atomic E-state index is 9.72. The van der Waals surface area contributed by atoms with Gasteiger partial charge in [0.2, 0.25) is 11.9 Å². The number of aromatic nitrogens is 6. The van der Waals surface area contributed by atoms with E-state index in [1.54, 1.807) is 51.1 Å². The summed E-state index contributed by atoms with van der Waals surface area (Å²) in [4.78, 5) is 36.5. The van der Waals surface area contributed by atoms with Crippen molar-refractivity contribution in [3.05, 3.63) is 96.6 Å². The molecule has 2 N–H and O–H groups in total. The van der Waals surface area contributed by atoms with Crippen molar-refractivity contribution >= 4 is 34.9 Å². The Balaban J connectivity index is 0.000000182. The predicted octanol–water partition coefficient (Wildman–Crippen LogP) is 6.94. The third-order valence-corrected chi connectivity index (χ3v) is 13.3. The Hall–Kier alpha value is -7.88. The number of benzene rings is 2. The molecule has 384 valence electrons. The lowest BCUT2D eigenvalue weighted by Gasteiger charge is -2.33. The Morgan fingerprint density at radius 1 is 0.527 bits per heavy atom. The van der Waals surface area contributed by atoms with E-state index in [4.69, 9.17) is 28.4 Å². The molecule has 4 aliphatic rings. The van der Waals surface area contributed by atoms with Gasteiger partial charge >= 0.3 is 0 Å². The SMILES string of the molecule is COc1cc(Nc2nccc(-c3ccc(OC4CCOCC4)c(C#N)c3)n2)cnc1N1CCN(C)CC1.COc1cc(Nc2nccc(-c3ccc(OC4CCOCC4)c(C#N)c3)n2)cnc1N1CCN(C)CC1. The highest BCUT2D eigenvalue weighted by atomic mass is 16.5. The van der Waals surface area contributed by atoms with Crippen LogP contribution in [-0.4, -0.2) is 159 Å². The summed E-state index contributed by atoms with van der Waals surface area (Å²) < 4.78 is 34.2. The van der Waals surface area contributed by atoms with Crippen molar-refractivity contribution in [2.24, 2.45) is 0 Å². The third-order valence-electron chi connectivity index (χ3n) is 13.3. The molecule has 0 spiro atoms. The molecule has 6 aromatic rings. The van der Waals surface area contributed by atoms with Gasteiger partial charge in [-0.3, -0.25) is 0 Å². The van der Waals surface area contributed by atoms with Crippen molar-refractivity contribution < 1.29 is 28.4 Å². The Labute approximate surface area is 431 Å². The second-order valence-electron chi connectivity index (χ2n) is 18.4. The van der Waals surface area contributed by atoms with Gasteiger partial charge in [0, 0.05) is 114 Å². The van der Waals surface area contributed by atoms with Crippen LogP contribution >= 0.6 is 0 Å². The smallest absolute Gasteiger partial charge is 0.227 e. The second-order valence-corrected chi connectivity index (χ2v) is 18.4. The van der Waals surface area contributed by atoms with E-state index in [2.05, 4.69) is 86.4 Å². The average Bonchev–Trinajstić information content (AvgIpc) is 3.44. The standard InChI is InChI=1S/2C27H31N7O3/c2*1-33-9-11-34(12-10-33)26-25(35-2)16-21(18-30-26)31-27-29-8-5-23(32-27)19-3-4-24(20(15-19)17-28)37-22-6-13-36-14-7-22/h2*3-5,8,15-16,18,22H,6-7,9-14H2,1-2H3,(H,29,31,32). The average molecular weight is 1000 g/mol. The van der Waals surface area contributed by atoms with Crippen molar-refractivity contribution in [3.8, 4) is 57.7 Å². The molecule has 2 aromatic carbocycles. The van der Waals surface area contributed by atoms with Crippen LogP contribution in [-0.2, 0) is 9.47 Å². The van der Waals surface area contributed by atoms with Crippen LogP contribution in [0.3, 0.4) is 0 Å². The van der Waals surface area contributed by atoms with Crippen LogP contribution in [0.2, 0.25) is 0 Å². The molecule has 10 rings (SSSR count). The lowest BCUT2D eigenvalue weighted by atomic mass is 10.1. The van der Waals surface area contributed by atoms with Crippen molar-refractivity contribution in [2.45, 2.75) is 37.9 Å². The number of methoxy groups -OCH3 is 2. The van der Waals surface area contributed by atoms with Gasteiger partial charge in [-0.1, -0.05) is 0 Å². The maximum atomic E-state index is 9.72. The highest BCUT2D eigenvalue weighted by molar-refractivity contribution is 5.69. The van der Waals surface area contributed by atoms with Crippen molar-refractivity contribution in [3.63, 3.8) is 0 Å². The van der Waals surface area contributed by atoms with E-state index >= 15 is 0 Å². The maximum Gasteiger partial charge on any atom is 0.227 e. The topological polar surface area (TPSA) is 217 Å². The summed E-state index contributed by atoms with van der Waals surface area (Å²) in [5, 5.41) is 25.9. The molecule has 0 amide bonds. The number of rotatable bonds is 14. The normalized spacial score (nSPS) is 16.7. The Morgan fingerprint density at radius 2 is 0.932 bits per heavy atom. The Bertz CT molecular complexity index is 2730. The second kappa shape index (κ2) is 24.7. The summed E-state index contributed by atoms with van der Waals surface area (Å²) in [5.41, 5.74) is 5.41. The third kappa shape index (κ3) is 13.0. The zero-order valence-electron chi connectivity index (χ0n) is 42.4. The van der Waals surface area contributed by atoms with E-state index in [9.17, 15) is 10.5 Å². The van der Waals surface area contributed by atoms with Crippen LogP contribution in [0.25, 0.3) is 22.5 Å². The van der Waals surface area contributed by atoms with E-state index in [-0.39, 0.29) is 12.2 Å². The van der Waals surface area contributed by atoms with Gasteiger partial charge < -0.3 is 58.7 Å². The zero-order valence-corrected chi connectivity index (χ0v) is 42.4. The molecule has 4 aromatic heterocycles. The predicted molar refractivity (Wildman–Crippen MR) is 281 cm³/mol. The highest BCUT2D eigenvalue weighted by Crippen LogP contribution is 2.34. The minimum atomic E-state index is 0.0646. The number of likely N-dealkylation sites (N-methyl/N-ethyl adjacent to an activating group) is 2. The largest absolute Gasteiger partial charge is 0.493 e. The van der Waals surface area contributed by atoms with Gasteiger partial charge in [-0.05, 0) is 62.6 Å². The first-order valence-electron chi connectivity index (χ1n) is 25.0. The molecule has 0 aliphatic carbocycles. The molecule has 0 atom stereocenters. The lowest BCUT2D eigenvalue weighted by molar-refractivity contribution is 0.0252. The van der Waals surface area contributed by atoms with Gasteiger partial charge in [0.1, 0.15) is 35.8 Å². The summed E-state index contributed by atoms with van der Waals surface area (Å²) >= 11 is 0. The molecule has 20 nitrogen and oxygen atoms in total. The minimum absolute atomic E-state index is 0.0646. The molecule has 0 radical (unpaired) electrons. The number of nitriles is 2. The van der Waals surface area contributed by atoms with Gasteiger partial charge in [-0.15, -0.1) is 0 Å². The van der Waals surface area contributed by atoms with Crippen LogP contribution in [0.5, 0.6) is 23.0 Å². The molecule has 4 aliphatic heterocycles. The number of piperazine rings is 2. The zero-order chi connectivity index (χ0) is 51.2. The van der Waals surface area contributed by atoms with Crippen LogP contribution in [0.1, 0.15) is 36.8 Å². The monoisotopic (exact) mass is 1000 g/mol. The van der Waals surface area contributed by atoms with Gasteiger partial charge in [-0.2, -0.15) is 10.5 Å². The minimum Gasteiger partial charge on any atom is -0.493 e. The molecule has 8 heterocycles. The lowest BCUT2D eigenvalue weighted by Crippen LogP contribution is -2.44. The van der Waals surface area contributed by atoms with E-state index in [0.29, 0.717) is 83.8 Å². The van der Waals surface area contributed by atoms with E-state index in [1.165, 1.54) is 0 Å². The Morgan fingerprint density at radius 3 is 1.31 bits per heavy atom. The summed E-state index contributed by atoms with van der Waals surface area (Å²) in [6, 6.07) is 23.1. The molecule has 0 unspecified atom stereocenters. The molecule has 20 heteroatoms. The molecule has 0 bridgehead atoms. The first-order valence-corrected chi connectivity index (χ1v) is 25.0. The number of ether oxygens (including phenoxy) is 6. The van der Waals surface area contributed by atoms with E-state index < -0.39 is 0 Å². The van der Waals surface area contributed by atoms with Crippen LogP contribution in [0.15, 0.2) is 85.5 Å². The first-order chi connectivity index (χ1) is 36.2. The summed E-state index contributed by atoms with van der Waals surface area (Å²) in [6.45, 7) is 10.3. The quantitative estimate of drug-likeness (QED) is 0.113. The highest BCUT2D eigenvalue weighted by Gasteiger charge is 2.23. The molecule has 4 fully saturated rings. The molecule has 4 saturated heterocycles. The number of hydrogen-bond donors (Lipinski definition) is 2. The van der Waals surface area contributed by atoms with Gasteiger partial charge in [0.15, 0.2) is 23.1 Å². The summed E-state index contributed by atoms with van der Waals surface area (Å²) in [7, 11) is 7.55. The van der Waals surface area contributed by atoms with Gasteiger partial charge in [0.05, 0.1) is 86.9 Å². The number of anilines is 6. The van der Waals surface area contributed by atoms with Crippen LogP contribution in [0.4, 0.5) is 34.9 Å². The molecule has 74 heavy (non-hydrogen) atoms. The van der Waals surface area contributed by atoms with Crippen molar-refractivity contribution in [1.29, 1.82) is 10.5 Å². The fourth-order valence-corrected chi connectivity index (χ4v) is 8.95. The van der Waals surface area contributed by atoms with Gasteiger partial charge in [0.25, 0.3) is 0 Å². The number of hydrogen-bond acceptors (Lipinski definition) is 20. The number of pyridine rings is 2. The summed E-state index contributed by atoms with van der Waals surface area (Å²) in [5.74, 6) is 5.10. The van der Waals surface area contributed by atoms with E-state index in [1.807, 2.05) is 48.5 Å². The number of nitrogens with one attached hydrogen (secondary N) is 2. The number of nitrogens with zero attached hydrogens (tertiary/aromatic N) is 12. The van der Waals surface area contributed by atoms with Crippen LogP contribution in [0, 0.1) is 22.7 Å². The van der Waals surface area contributed by atoms with E-state index in [0.717, 1.165) is 112 Å². The van der Waals surface area contributed by atoms with Crippen molar-refractivity contribution in [2.75, 3.05) is 128 Å². The Kier molecular flexibility index (Phi) is 17.0. The fraction of sp³-hybridized carbons (Fsp3) is 0.407. The summed E-state index contributed by atoms with van der Waals surface area (Å²) in [6.07, 6.45) is 10.3. The van der Waals surface area contributed by atoms with Crippen LogP contribution < -0.4 is 39.4 Å². The first kappa shape index (κ1) is 51.0.